The summed E-state index contributed by atoms with van der Waals surface area (Å²) in [6.45, 7) is 6.22. The van der Waals surface area contributed by atoms with Crippen LogP contribution in [-0.4, -0.2) is 33.8 Å². The molecule has 7 nitrogen and oxygen atoms in total. The van der Waals surface area contributed by atoms with Crippen molar-refractivity contribution in [2.24, 2.45) is 0 Å². The van der Waals surface area contributed by atoms with Crippen molar-refractivity contribution in [1.82, 2.24) is 9.97 Å². The molecule has 0 fully saturated rings. The van der Waals surface area contributed by atoms with Crippen LogP contribution in [0.3, 0.4) is 0 Å². The normalized spacial score (nSPS) is 10.6. The Labute approximate surface area is 193 Å². The fraction of sp³-hybridized carbons (Fsp3) is 0.308. The molecule has 3 aromatic rings. The Balaban J connectivity index is 1.83. The van der Waals surface area contributed by atoms with Gasteiger partial charge in [0.05, 0.1) is 18.3 Å². The summed E-state index contributed by atoms with van der Waals surface area (Å²) in [5.74, 6) is 0.972. The maximum absolute atomic E-state index is 10.7. The van der Waals surface area contributed by atoms with E-state index >= 15 is 0 Å². The van der Waals surface area contributed by atoms with Gasteiger partial charge in [0.1, 0.15) is 17.6 Å². The summed E-state index contributed by atoms with van der Waals surface area (Å²) in [5.41, 5.74) is 4.02. The number of ether oxygens (including phenoxy) is 2. The average Bonchev–Trinajstić information content (AvgIpc) is 2.81. The first-order valence-electron chi connectivity index (χ1n) is 10.9. The van der Waals surface area contributed by atoms with Gasteiger partial charge in [-0.05, 0) is 56.5 Å². The smallest absolute Gasteiger partial charge is 0.303 e. The maximum Gasteiger partial charge on any atom is 0.303 e. The second-order valence-corrected chi connectivity index (χ2v) is 7.77. The van der Waals surface area contributed by atoms with Crippen molar-refractivity contribution in [3.8, 4) is 40.1 Å². The Morgan fingerprint density at radius 3 is 2.52 bits per heavy atom. The molecule has 2 aromatic carbocycles. The number of aliphatic carboxylic acids is 1. The molecule has 1 aromatic heterocycles. The van der Waals surface area contributed by atoms with E-state index in [1.165, 1.54) is 0 Å². The van der Waals surface area contributed by atoms with Gasteiger partial charge in [0, 0.05) is 35.5 Å². The quantitative estimate of drug-likeness (QED) is 0.423. The van der Waals surface area contributed by atoms with Gasteiger partial charge in [-0.2, -0.15) is 5.26 Å². The van der Waals surface area contributed by atoms with Crippen molar-refractivity contribution in [3.63, 3.8) is 0 Å². The molecule has 0 atom stereocenters. The first kappa shape index (κ1) is 23.7. The molecule has 3 rings (SSSR count). The van der Waals surface area contributed by atoms with Gasteiger partial charge in [0.2, 0.25) is 0 Å². The number of rotatable bonds is 10. The van der Waals surface area contributed by atoms with Gasteiger partial charge in [-0.25, -0.2) is 9.97 Å². The fourth-order valence-corrected chi connectivity index (χ4v) is 3.47. The van der Waals surface area contributed by atoms with Crippen LogP contribution in [0.5, 0.6) is 11.5 Å². The van der Waals surface area contributed by atoms with E-state index in [-0.39, 0.29) is 12.5 Å². The first-order valence-corrected chi connectivity index (χ1v) is 10.9. The Bertz CT molecular complexity index is 1150. The van der Waals surface area contributed by atoms with Crippen molar-refractivity contribution in [1.29, 1.82) is 5.26 Å². The zero-order valence-electron chi connectivity index (χ0n) is 19.0. The molecule has 0 amide bonds. The molecule has 0 saturated carbocycles. The summed E-state index contributed by atoms with van der Waals surface area (Å²) < 4.78 is 11.5. The van der Waals surface area contributed by atoms with Crippen LogP contribution in [0.2, 0.25) is 0 Å². The number of carbonyl (C=O) groups is 1. The predicted molar refractivity (Wildman–Crippen MR) is 125 cm³/mol. The molecule has 0 aliphatic carbocycles. The average molecular weight is 446 g/mol. The zero-order chi connectivity index (χ0) is 23.8. The molecule has 0 aliphatic heterocycles. The van der Waals surface area contributed by atoms with Crippen LogP contribution in [0.1, 0.15) is 44.7 Å². The Hall–Kier alpha value is -3.92. The van der Waals surface area contributed by atoms with Crippen molar-refractivity contribution in [2.75, 3.05) is 6.61 Å². The number of benzene rings is 2. The molecule has 33 heavy (non-hydrogen) atoms. The molecule has 0 radical (unpaired) electrons. The number of nitrogens with zero attached hydrogens (tertiary/aromatic N) is 3. The summed E-state index contributed by atoms with van der Waals surface area (Å²) in [5, 5.41) is 18.3. The number of nitriles is 1. The van der Waals surface area contributed by atoms with Gasteiger partial charge in [-0.3, -0.25) is 4.79 Å². The van der Waals surface area contributed by atoms with E-state index in [4.69, 9.17) is 14.6 Å². The SMILES string of the molecule is CCc1c(OCCCC(=O)O)cccc1-c1cnc(-c2ccc(OC(C)C)c(C#N)c2)nc1. The molecular formula is C26H27N3O4. The van der Waals surface area contributed by atoms with Gasteiger partial charge in [-0.1, -0.05) is 19.1 Å². The number of hydrogen-bond donors (Lipinski definition) is 1. The molecule has 0 unspecified atom stereocenters. The summed E-state index contributed by atoms with van der Waals surface area (Å²) in [6, 6.07) is 13.3. The molecule has 170 valence electrons. The predicted octanol–water partition coefficient (Wildman–Crippen LogP) is 5.28. The van der Waals surface area contributed by atoms with E-state index in [1.807, 2.05) is 45.0 Å². The highest BCUT2D eigenvalue weighted by atomic mass is 16.5. The molecule has 0 saturated heterocycles. The minimum atomic E-state index is -0.829. The molecule has 1 N–H and O–H groups in total. The van der Waals surface area contributed by atoms with E-state index in [1.54, 1.807) is 24.5 Å². The molecule has 0 spiro atoms. The summed E-state index contributed by atoms with van der Waals surface area (Å²) in [6.07, 6.45) is 4.77. The lowest BCUT2D eigenvalue weighted by Crippen LogP contribution is -2.06. The second-order valence-electron chi connectivity index (χ2n) is 7.77. The lowest BCUT2D eigenvalue weighted by Gasteiger charge is -2.15. The molecule has 1 heterocycles. The van der Waals surface area contributed by atoms with Crippen LogP contribution in [0.25, 0.3) is 22.5 Å². The van der Waals surface area contributed by atoms with E-state index in [9.17, 15) is 10.1 Å². The second kappa shape index (κ2) is 11.1. The third-order valence-corrected chi connectivity index (χ3v) is 4.96. The third kappa shape index (κ3) is 6.07. The van der Waals surface area contributed by atoms with Crippen LogP contribution in [0.4, 0.5) is 0 Å². The minimum Gasteiger partial charge on any atom is -0.493 e. The largest absolute Gasteiger partial charge is 0.493 e. The van der Waals surface area contributed by atoms with E-state index in [2.05, 4.69) is 16.0 Å². The number of hydrogen-bond acceptors (Lipinski definition) is 6. The van der Waals surface area contributed by atoms with Gasteiger partial charge in [-0.15, -0.1) is 0 Å². The van der Waals surface area contributed by atoms with Crippen LogP contribution >= 0.6 is 0 Å². The van der Waals surface area contributed by atoms with Crippen molar-refractivity contribution in [3.05, 3.63) is 59.9 Å². The number of carboxylic acid groups (broad SMARTS) is 1. The van der Waals surface area contributed by atoms with Crippen molar-refractivity contribution >= 4 is 5.97 Å². The van der Waals surface area contributed by atoms with Gasteiger partial charge < -0.3 is 14.6 Å². The Morgan fingerprint density at radius 1 is 1.12 bits per heavy atom. The highest BCUT2D eigenvalue weighted by Gasteiger charge is 2.13. The van der Waals surface area contributed by atoms with Crippen LogP contribution in [0, 0.1) is 11.3 Å². The van der Waals surface area contributed by atoms with Crippen molar-refractivity contribution < 1.29 is 19.4 Å². The van der Waals surface area contributed by atoms with Gasteiger partial charge in [0.15, 0.2) is 5.82 Å². The summed E-state index contributed by atoms with van der Waals surface area (Å²) >= 11 is 0. The first-order chi connectivity index (χ1) is 15.9. The fourth-order valence-electron chi connectivity index (χ4n) is 3.47. The minimum absolute atomic E-state index is 0.0249. The standard InChI is InChI=1S/C26H27N3O4/c1-4-21-22(7-5-8-24(21)32-12-6-9-25(30)31)20-15-28-26(29-16-20)18-10-11-23(33-17(2)3)19(13-18)14-27/h5,7-8,10-11,13,15-17H,4,6,9,12H2,1-3H3,(H,30,31). The molecule has 7 heteroatoms. The lowest BCUT2D eigenvalue weighted by molar-refractivity contribution is -0.137. The molecule has 0 aliphatic rings. The van der Waals surface area contributed by atoms with E-state index in [0.717, 1.165) is 34.4 Å². The van der Waals surface area contributed by atoms with E-state index < -0.39 is 5.97 Å². The molecular weight excluding hydrogens is 418 g/mol. The lowest BCUT2D eigenvalue weighted by atomic mass is 9.99. The van der Waals surface area contributed by atoms with Gasteiger partial charge >= 0.3 is 5.97 Å². The van der Waals surface area contributed by atoms with Crippen molar-refractivity contribution in [2.45, 2.75) is 46.1 Å². The number of aromatic nitrogens is 2. The van der Waals surface area contributed by atoms with Gasteiger partial charge in [0.25, 0.3) is 0 Å². The highest BCUT2D eigenvalue weighted by Crippen LogP contribution is 2.32. The Kier molecular flexibility index (Phi) is 7.98. The van der Waals surface area contributed by atoms with Crippen LogP contribution in [0.15, 0.2) is 48.8 Å². The molecule has 0 bridgehead atoms. The number of carboxylic acids is 1. The monoisotopic (exact) mass is 445 g/mol. The van der Waals surface area contributed by atoms with E-state index in [0.29, 0.717) is 30.2 Å². The van der Waals surface area contributed by atoms with Crippen LogP contribution in [-0.2, 0) is 11.2 Å². The topological polar surface area (TPSA) is 105 Å². The summed E-state index contributed by atoms with van der Waals surface area (Å²) in [7, 11) is 0. The highest BCUT2D eigenvalue weighted by molar-refractivity contribution is 5.70. The zero-order valence-corrected chi connectivity index (χ0v) is 19.0. The summed E-state index contributed by atoms with van der Waals surface area (Å²) in [4.78, 5) is 19.8. The Morgan fingerprint density at radius 2 is 1.88 bits per heavy atom. The maximum atomic E-state index is 10.7. The third-order valence-electron chi connectivity index (χ3n) is 4.96. The van der Waals surface area contributed by atoms with Crippen LogP contribution < -0.4 is 9.47 Å².